The SMILES string of the molecule is CC1CCCCC1NC1C[C@H](C)Sc2sccc21. The zero-order valence-electron chi connectivity index (χ0n) is 11.3. The minimum Gasteiger partial charge on any atom is -0.307 e. The summed E-state index contributed by atoms with van der Waals surface area (Å²) in [5.41, 5.74) is 1.57. The van der Waals surface area contributed by atoms with E-state index in [0.29, 0.717) is 6.04 Å². The molecule has 2 aliphatic rings. The quantitative estimate of drug-likeness (QED) is 0.832. The predicted molar refractivity (Wildman–Crippen MR) is 81.6 cm³/mol. The maximum atomic E-state index is 3.97. The van der Waals surface area contributed by atoms with Crippen LogP contribution in [0.4, 0.5) is 0 Å². The fraction of sp³-hybridized carbons (Fsp3) is 0.733. The summed E-state index contributed by atoms with van der Waals surface area (Å²) in [6, 6.07) is 3.68. The van der Waals surface area contributed by atoms with Gasteiger partial charge in [-0.25, -0.2) is 0 Å². The molecule has 3 heteroatoms. The zero-order chi connectivity index (χ0) is 12.5. The van der Waals surface area contributed by atoms with Gasteiger partial charge in [-0.1, -0.05) is 26.7 Å². The summed E-state index contributed by atoms with van der Waals surface area (Å²) >= 11 is 3.98. The minimum atomic E-state index is 0.605. The van der Waals surface area contributed by atoms with E-state index in [-0.39, 0.29) is 0 Å². The van der Waals surface area contributed by atoms with Gasteiger partial charge < -0.3 is 5.32 Å². The highest BCUT2D eigenvalue weighted by molar-refractivity contribution is 8.01. The van der Waals surface area contributed by atoms with Crippen molar-refractivity contribution in [1.82, 2.24) is 5.32 Å². The van der Waals surface area contributed by atoms with E-state index in [9.17, 15) is 0 Å². The highest BCUT2D eigenvalue weighted by Gasteiger charge is 2.30. The van der Waals surface area contributed by atoms with E-state index < -0.39 is 0 Å². The summed E-state index contributed by atoms with van der Waals surface area (Å²) in [7, 11) is 0. The van der Waals surface area contributed by atoms with Crippen LogP contribution in [-0.2, 0) is 0 Å². The number of hydrogen-bond donors (Lipinski definition) is 1. The van der Waals surface area contributed by atoms with E-state index in [2.05, 4.69) is 42.4 Å². The van der Waals surface area contributed by atoms with Gasteiger partial charge in [0.2, 0.25) is 0 Å². The smallest absolute Gasteiger partial charge is 0.0649 e. The van der Waals surface area contributed by atoms with Crippen LogP contribution < -0.4 is 5.32 Å². The first-order valence-corrected chi connectivity index (χ1v) is 9.00. The molecular formula is C15H23NS2. The Morgan fingerprint density at radius 3 is 2.89 bits per heavy atom. The number of thiophene rings is 1. The van der Waals surface area contributed by atoms with Crippen LogP contribution in [0.2, 0.25) is 0 Å². The van der Waals surface area contributed by atoms with Crippen molar-refractivity contribution in [3.8, 4) is 0 Å². The average Bonchev–Trinajstić information content (AvgIpc) is 2.80. The molecule has 18 heavy (non-hydrogen) atoms. The van der Waals surface area contributed by atoms with Gasteiger partial charge in [-0.2, -0.15) is 0 Å². The Morgan fingerprint density at radius 2 is 2.06 bits per heavy atom. The van der Waals surface area contributed by atoms with E-state index in [1.54, 1.807) is 9.77 Å². The molecule has 1 fully saturated rings. The van der Waals surface area contributed by atoms with Gasteiger partial charge in [0, 0.05) is 17.3 Å². The van der Waals surface area contributed by atoms with Gasteiger partial charge in [-0.15, -0.1) is 23.1 Å². The maximum Gasteiger partial charge on any atom is 0.0649 e. The van der Waals surface area contributed by atoms with Crippen molar-refractivity contribution < 1.29 is 0 Å². The van der Waals surface area contributed by atoms with E-state index in [1.165, 1.54) is 32.1 Å². The van der Waals surface area contributed by atoms with Gasteiger partial charge in [0.1, 0.15) is 0 Å². The second kappa shape index (κ2) is 5.56. The molecule has 0 spiro atoms. The van der Waals surface area contributed by atoms with E-state index in [4.69, 9.17) is 0 Å². The lowest BCUT2D eigenvalue weighted by molar-refractivity contribution is 0.253. The van der Waals surface area contributed by atoms with Gasteiger partial charge in [0.25, 0.3) is 0 Å². The molecule has 1 aliphatic heterocycles. The maximum absolute atomic E-state index is 3.97. The number of fused-ring (bicyclic) bond motifs is 1. The lowest BCUT2D eigenvalue weighted by Crippen LogP contribution is -2.41. The van der Waals surface area contributed by atoms with Crippen molar-refractivity contribution in [3.63, 3.8) is 0 Å². The normalized spacial score (nSPS) is 36.3. The molecule has 4 atom stereocenters. The molecule has 1 aliphatic carbocycles. The second-order valence-electron chi connectivity index (χ2n) is 5.92. The van der Waals surface area contributed by atoms with Crippen LogP contribution in [0.5, 0.6) is 0 Å². The molecular weight excluding hydrogens is 258 g/mol. The topological polar surface area (TPSA) is 12.0 Å². The first kappa shape index (κ1) is 13.0. The van der Waals surface area contributed by atoms with Crippen LogP contribution >= 0.6 is 23.1 Å². The second-order valence-corrected chi connectivity index (χ2v) is 8.54. The molecule has 1 aromatic heterocycles. The summed E-state index contributed by atoms with van der Waals surface area (Å²) in [5.74, 6) is 0.853. The third-order valence-corrected chi connectivity index (χ3v) is 6.78. The van der Waals surface area contributed by atoms with Crippen LogP contribution in [0.15, 0.2) is 15.7 Å². The van der Waals surface area contributed by atoms with Crippen molar-refractivity contribution in [1.29, 1.82) is 0 Å². The Labute approximate surface area is 119 Å². The van der Waals surface area contributed by atoms with Gasteiger partial charge >= 0.3 is 0 Å². The fourth-order valence-corrected chi connectivity index (χ4v) is 5.90. The fourth-order valence-electron chi connectivity index (χ4n) is 3.33. The number of nitrogens with one attached hydrogen (secondary N) is 1. The predicted octanol–water partition coefficient (Wildman–Crippen LogP) is 4.84. The molecule has 1 nitrogen and oxygen atoms in total. The van der Waals surface area contributed by atoms with Crippen LogP contribution in [0.3, 0.4) is 0 Å². The van der Waals surface area contributed by atoms with Crippen LogP contribution in [0, 0.1) is 5.92 Å². The van der Waals surface area contributed by atoms with Crippen molar-refractivity contribution in [2.75, 3.05) is 0 Å². The van der Waals surface area contributed by atoms with Gasteiger partial charge in [-0.3, -0.25) is 0 Å². The Morgan fingerprint density at radius 1 is 1.22 bits per heavy atom. The van der Waals surface area contributed by atoms with Crippen LogP contribution in [-0.4, -0.2) is 11.3 Å². The Hall–Kier alpha value is 0.0100. The summed E-state index contributed by atoms with van der Waals surface area (Å²) in [5, 5.41) is 6.99. The van der Waals surface area contributed by atoms with E-state index >= 15 is 0 Å². The zero-order valence-corrected chi connectivity index (χ0v) is 12.9. The van der Waals surface area contributed by atoms with E-state index in [1.807, 2.05) is 11.3 Å². The number of thioether (sulfide) groups is 1. The van der Waals surface area contributed by atoms with Gasteiger partial charge in [0.15, 0.2) is 0 Å². The third-order valence-electron chi connectivity index (χ3n) is 4.44. The lowest BCUT2D eigenvalue weighted by Gasteiger charge is -2.36. The van der Waals surface area contributed by atoms with Crippen molar-refractivity contribution in [3.05, 3.63) is 17.0 Å². The van der Waals surface area contributed by atoms with Gasteiger partial charge in [-0.05, 0) is 42.2 Å². The Bertz CT molecular complexity index is 401. The summed E-state index contributed by atoms with van der Waals surface area (Å²) in [6.45, 7) is 4.79. The highest BCUT2D eigenvalue weighted by Crippen LogP contribution is 2.44. The minimum absolute atomic E-state index is 0.605. The van der Waals surface area contributed by atoms with Crippen LogP contribution in [0.1, 0.15) is 57.6 Å². The monoisotopic (exact) mass is 281 g/mol. The molecule has 1 saturated carbocycles. The molecule has 0 radical (unpaired) electrons. The number of rotatable bonds is 2. The molecule has 0 bridgehead atoms. The van der Waals surface area contributed by atoms with E-state index in [0.717, 1.165) is 17.2 Å². The molecule has 0 aromatic carbocycles. The molecule has 3 unspecified atom stereocenters. The summed E-state index contributed by atoms with van der Waals surface area (Å²) < 4.78 is 1.55. The Kier molecular flexibility index (Phi) is 4.02. The molecule has 3 rings (SSSR count). The van der Waals surface area contributed by atoms with Gasteiger partial charge in [0.05, 0.1) is 4.21 Å². The standard InChI is InChI=1S/C15H23NS2/c1-10-5-3-4-6-13(10)16-14-9-11(2)18-15-12(14)7-8-17-15/h7-8,10-11,13-14,16H,3-6,9H2,1-2H3/t10?,11-,13?,14?/m0/s1. The first-order chi connectivity index (χ1) is 8.74. The Balaban J connectivity index is 1.73. The van der Waals surface area contributed by atoms with Crippen molar-refractivity contribution in [2.24, 2.45) is 5.92 Å². The lowest BCUT2D eigenvalue weighted by atomic mass is 9.85. The highest BCUT2D eigenvalue weighted by atomic mass is 32.2. The molecule has 0 amide bonds. The third kappa shape index (κ3) is 2.63. The first-order valence-electron chi connectivity index (χ1n) is 7.24. The molecule has 100 valence electrons. The average molecular weight is 281 g/mol. The molecule has 2 heterocycles. The molecule has 0 saturated heterocycles. The summed E-state index contributed by atoms with van der Waals surface area (Å²) in [4.78, 5) is 0. The van der Waals surface area contributed by atoms with Crippen LogP contribution in [0.25, 0.3) is 0 Å². The molecule has 1 N–H and O–H groups in total. The van der Waals surface area contributed by atoms with Crippen molar-refractivity contribution in [2.45, 2.75) is 67.5 Å². The number of hydrogen-bond acceptors (Lipinski definition) is 3. The van der Waals surface area contributed by atoms with Crippen molar-refractivity contribution >= 4 is 23.1 Å². The molecule has 1 aromatic rings. The largest absolute Gasteiger partial charge is 0.307 e. The summed E-state index contributed by atoms with van der Waals surface area (Å²) in [6.07, 6.45) is 6.91.